The molecule has 5 saturated carbocycles. The number of hydrogen-bond acceptors (Lipinski definition) is 2. The lowest BCUT2D eigenvalue weighted by molar-refractivity contribution is -0.232. The maximum Gasteiger partial charge on any atom is 0.138 e. The number of allylic oxidation sites excluding steroid dienone is 1. The van der Waals surface area contributed by atoms with Gasteiger partial charge in [0.05, 0.1) is 0 Å². The van der Waals surface area contributed by atoms with Crippen LogP contribution in [0, 0.1) is 56.7 Å². The number of Topliss-reactive ketones (excluding diaryl/α,β-unsaturated/α-hetero) is 2. The van der Waals surface area contributed by atoms with Crippen LogP contribution in [0.15, 0.2) is 12.2 Å². The molecule has 9 atom stereocenters. The van der Waals surface area contributed by atoms with Gasteiger partial charge >= 0.3 is 0 Å². The van der Waals surface area contributed by atoms with Crippen LogP contribution < -0.4 is 0 Å². The summed E-state index contributed by atoms with van der Waals surface area (Å²) in [7, 11) is 0. The van der Waals surface area contributed by atoms with E-state index in [2.05, 4.69) is 48.1 Å². The van der Waals surface area contributed by atoms with Crippen LogP contribution in [-0.2, 0) is 9.59 Å². The maximum absolute atomic E-state index is 13.2. The summed E-state index contributed by atoms with van der Waals surface area (Å²) in [5, 5.41) is 0. The van der Waals surface area contributed by atoms with E-state index in [-0.39, 0.29) is 21.7 Å². The highest BCUT2D eigenvalue weighted by Gasteiger charge is 2.71. The van der Waals surface area contributed by atoms with E-state index in [0.717, 1.165) is 32.1 Å². The van der Waals surface area contributed by atoms with Crippen molar-refractivity contribution in [2.45, 2.75) is 113 Å². The van der Waals surface area contributed by atoms with Crippen LogP contribution in [-0.4, -0.2) is 11.6 Å². The molecule has 5 fully saturated rings. The molecule has 33 heavy (non-hydrogen) atoms. The molecule has 0 aromatic rings. The molecule has 0 bridgehead atoms. The lowest BCUT2D eigenvalue weighted by Crippen LogP contribution is -2.66. The highest BCUT2D eigenvalue weighted by Crippen LogP contribution is 2.77. The molecular weight excluding hydrogens is 404 g/mol. The summed E-state index contributed by atoms with van der Waals surface area (Å²) in [5.74, 6) is 3.77. The van der Waals surface area contributed by atoms with Gasteiger partial charge in [0.2, 0.25) is 0 Å². The molecule has 0 spiro atoms. The zero-order chi connectivity index (χ0) is 24.2. The predicted octanol–water partition coefficient (Wildman–Crippen LogP) is 7.80. The third kappa shape index (κ3) is 2.73. The molecule has 0 aromatic heterocycles. The van der Waals surface area contributed by atoms with Gasteiger partial charge in [0.15, 0.2) is 0 Å². The number of fused-ring (bicyclic) bond motifs is 7. The summed E-state index contributed by atoms with van der Waals surface area (Å²) in [6.07, 6.45) is 11.3. The molecule has 5 unspecified atom stereocenters. The van der Waals surface area contributed by atoms with Gasteiger partial charge in [0, 0.05) is 17.3 Å². The number of rotatable bonds is 2. The summed E-state index contributed by atoms with van der Waals surface area (Å²) < 4.78 is 0. The van der Waals surface area contributed by atoms with Gasteiger partial charge in [0.25, 0.3) is 0 Å². The highest BCUT2D eigenvalue weighted by molar-refractivity contribution is 5.85. The van der Waals surface area contributed by atoms with Gasteiger partial charge in [-0.15, -0.1) is 0 Å². The Hall–Kier alpha value is -0.920. The second-order valence-corrected chi connectivity index (χ2v) is 14.5. The Bertz CT molecular complexity index is 899. The molecule has 2 nitrogen and oxygen atoms in total. The summed E-state index contributed by atoms with van der Waals surface area (Å²) in [6, 6.07) is 0. The van der Waals surface area contributed by atoms with Crippen molar-refractivity contribution in [2.75, 3.05) is 0 Å². The van der Waals surface area contributed by atoms with E-state index in [0.29, 0.717) is 46.6 Å². The highest BCUT2D eigenvalue weighted by atomic mass is 16.1. The van der Waals surface area contributed by atoms with Gasteiger partial charge in [-0.25, -0.2) is 0 Å². The van der Waals surface area contributed by atoms with Crippen molar-refractivity contribution in [2.24, 2.45) is 56.7 Å². The number of carbonyl (C=O) groups excluding carboxylic acids is 2. The molecule has 0 heterocycles. The fourth-order valence-corrected chi connectivity index (χ4v) is 11.5. The summed E-state index contributed by atoms with van der Waals surface area (Å²) in [6.45, 7) is 20.8. The topological polar surface area (TPSA) is 34.1 Å². The van der Waals surface area contributed by atoms with Crippen molar-refractivity contribution in [3.05, 3.63) is 12.2 Å². The van der Waals surface area contributed by atoms with E-state index in [1.165, 1.54) is 37.7 Å². The van der Waals surface area contributed by atoms with E-state index in [1.54, 1.807) is 0 Å². The molecule has 5 rings (SSSR count). The van der Waals surface area contributed by atoms with E-state index >= 15 is 0 Å². The summed E-state index contributed by atoms with van der Waals surface area (Å²) in [4.78, 5) is 26.1. The quantitative estimate of drug-likeness (QED) is 0.400. The van der Waals surface area contributed by atoms with Crippen LogP contribution >= 0.6 is 0 Å². The minimum Gasteiger partial charge on any atom is -0.299 e. The van der Waals surface area contributed by atoms with Gasteiger partial charge in [-0.2, -0.15) is 0 Å². The molecule has 0 saturated heterocycles. The SMILES string of the molecule is C=C(C)C1CC[C@]2(C(C)=O)CC[C@]3(C)C(CCC4[C@@]5(C)CCC(=O)C(C)(C)C5CC[C@]43C)C12. The first-order chi connectivity index (χ1) is 15.3. The van der Waals surface area contributed by atoms with Crippen LogP contribution in [0.3, 0.4) is 0 Å². The Balaban J connectivity index is 1.57. The zero-order valence-corrected chi connectivity index (χ0v) is 22.5. The number of carbonyl (C=O) groups is 2. The van der Waals surface area contributed by atoms with Crippen molar-refractivity contribution in [3.8, 4) is 0 Å². The second-order valence-electron chi connectivity index (χ2n) is 14.5. The third-order valence-electron chi connectivity index (χ3n) is 13.5. The Morgan fingerprint density at radius 3 is 2.15 bits per heavy atom. The minimum absolute atomic E-state index is 0.0999. The standard InChI is InChI=1S/C31H48O2/c1-19(2)21-11-16-31(20(3)32)18-17-29(7)22(26(21)31)9-10-24-28(6)14-13-25(33)27(4,5)23(28)12-15-30(24,29)8/h21-24,26H,1,9-18H2,2-8H3/t21?,22?,23?,24?,26?,28-,29+,30+,31+/m0/s1. The molecule has 0 N–H and O–H groups in total. The Morgan fingerprint density at radius 2 is 1.52 bits per heavy atom. The number of ketones is 2. The zero-order valence-electron chi connectivity index (χ0n) is 22.5. The lowest BCUT2D eigenvalue weighted by atomic mass is 9.32. The normalized spacial score (nSPS) is 52.8. The molecule has 0 aliphatic heterocycles. The summed E-state index contributed by atoms with van der Waals surface area (Å²) in [5.41, 5.74) is 1.86. The third-order valence-corrected chi connectivity index (χ3v) is 13.5. The maximum atomic E-state index is 13.2. The van der Waals surface area contributed by atoms with Crippen LogP contribution in [0.4, 0.5) is 0 Å². The van der Waals surface area contributed by atoms with Crippen LogP contribution in [0.1, 0.15) is 113 Å². The molecule has 2 heteroatoms. The molecule has 0 aromatic carbocycles. The molecule has 5 aliphatic rings. The molecule has 0 radical (unpaired) electrons. The van der Waals surface area contributed by atoms with Crippen molar-refractivity contribution < 1.29 is 9.59 Å². The number of hydrogen-bond donors (Lipinski definition) is 0. The van der Waals surface area contributed by atoms with Crippen LogP contribution in [0.2, 0.25) is 0 Å². The Kier molecular flexibility index (Phi) is 5.10. The van der Waals surface area contributed by atoms with Gasteiger partial charge in [-0.05, 0) is 117 Å². The van der Waals surface area contributed by atoms with Crippen molar-refractivity contribution in [1.82, 2.24) is 0 Å². The Morgan fingerprint density at radius 1 is 0.818 bits per heavy atom. The molecule has 184 valence electrons. The average Bonchev–Trinajstić information content (AvgIpc) is 3.13. The molecule has 0 amide bonds. The van der Waals surface area contributed by atoms with Crippen LogP contribution in [0.25, 0.3) is 0 Å². The van der Waals surface area contributed by atoms with Crippen molar-refractivity contribution >= 4 is 11.6 Å². The van der Waals surface area contributed by atoms with Gasteiger partial charge in [-0.3, -0.25) is 9.59 Å². The molecule has 5 aliphatic carbocycles. The van der Waals surface area contributed by atoms with E-state index in [1.807, 2.05) is 6.92 Å². The predicted molar refractivity (Wildman–Crippen MR) is 135 cm³/mol. The second kappa shape index (κ2) is 7.07. The van der Waals surface area contributed by atoms with E-state index in [4.69, 9.17) is 0 Å². The summed E-state index contributed by atoms with van der Waals surface area (Å²) >= 11 is 0. The van der Waals surface area contributed by atoms with Gasteiger partial charge < -0.3 is 0 Å². The lowest BCUT2D eigenvalue weighted by Gasteiger charge is -2.72. The average molecular weight is 453 g/mol. The molecular formula is C31H48O2. The first-order valence-electron chi connectivity index (χ1n) is 14.0. The smallest absolute Gasteiger partial charge is 0.138 e. The van der Waals surface area contributed by atoms with Crippen LogP contribution in [0.5, 0.6) is 0 Å². The largest absolute Gasteiger partial charge is 0.299 e. The fourth-order valence-electron chi connectivity index (χ4n) is 11.5. The van der Waals surface area contributed by atoms with Gasteiger partial charge in [-0.1, -0.05) is 46.8 Å². The first-order valence-corrected chi connectivity index (χ1v) is 14.0. The van der Waals surface area contributed by atoms with E-state index in [9.17, 15) is 9.59 Å². The first kappa shape index (κ1) is 23.8. The van der Waals surface area contributed by atoms with Gasteiger partial charge in [0.1, 0.15) is 11.6 Å². The minimum atomic E-state index is -0.182. The fraction of sp³-hybridized carbons (Fsp3) is 0.871. The Labute approximate surface area is 202 Å². The van der Waals surface area contributed by atoms with Crippen molar-refractivity contribution in [3.63, 3.8) is 0 Å². The van der Waals surface area contributed by atoms with E-state index < -0.39 is 0 Å². The van der Waals surface area contributed by atoms with Crippen molar-refractivity contribution in [1.29, 1.82) is 0 Å². The monoisotopic (exact) mass is 452 g/mol.